The van der Waals surface area contributed by atoms with Crippen LogP contribution in [0.3, 0.4) is 0 Å². The SMILES string of the molecule is CO[C@@H]1CC[C@]2(OC)CCN(CC3CNNC3c3ccccc3)[C@@H]2C1. The second-order valence-corrected chi connectivity index (χ2v) is 7.84. The molecule has 0 spiro atoms. The van der Waals surface area contributed by atoms with Crippen LogP contribution in [-0.2, 0) is 9.47 Å². The van der Waals surface area contributed by atoms with E-state index < -0.39 is 0 Å². The summed E-state index contributed by atoms with van der Waals surface area (Å²) in [6, 6.07) is 11.6. The zero-order valence-corrected chi connectivity index (χ0v) is 15.4. The Morgan fingerprint density at radius 3 is 2.80 bits per heavy atom. The molecule has 2 N–H and O–H groups in total. The lowest BCUT2D eigenvalue weighted by molar-refractivity contribution is -0.0950. The minimum atomic E-state index is 0.0384. The summed E-state index contributed by atoms with van der Waals surface area (Å²) < 4.78 is 11.8. The van der Waals surface area contributed by atoms with E-state index in [-0.39, 0.29) is 5.60 Å². The third-order valence-electron chi connectivity index (χ3n) is 6.71. The van der Waals surface area contributed by atoms with Crippen molar-refractivity contribution in [2.45, 2.75) is 49.5 Å². The molecule has 1 aromatic rings. The van der Waals surface area contributed by atoms with Crippen LogP contribution in [0.1, 0.15) is 37.3 Å². The van der Waals surface area contributed by atoms with Crippen LogP contribution in [-0.4, -0.2) is 56.5 Å². The fraction of sp³-hybridized carbons (Fsp3) is 0.700. The van der Waals surface area contributed by atoms with Gasteiger partial charge in [-0.3, -0.25) is 10.3 Å². The third kappa shape index (κ3) is 3.24. The van der Waals surface area contributed by atoms with Gasteiger partial charge in [0.1, 0.15) is 0 Å². The van der Waals surface area contributed by atoms with Crippen molar-refractivity contribution in [3.63, 3.8) is 0 Å². The predicted molar refractivity (Wildman–Crippen MR) is 98.2 cm³/mol. The molecule has 0 radical (unpaired) electrons. The van der Waals surface area contributed by atoms with E-state index in [2.05, 4.69) is 46.1 Å². The highest BCUT2D eigenvalue weighted by Crippen LogP contribution is 2.43. The van der Waals surface area contributed by atoms with Gasteiger partial charge in [-0.05, 0) is 31.2 Å². The van der Waals surface area contributed by atoms with Crippen LogP contribution >= 0.6 is 0 Å². The van der Waals surface area contributed by atoms with Gasteiger partial charge in [0.25, 0.3) is 0 Å². The topological polar surface area (TPSA) is 45.8 Å². The molecule has 2 saturated heterocycles. The highest BCUT2D eigenvalue weighted by Gasteiger charge is 2.51. The number of likely N-dealkylation sites (tertiary alicyclic amines) is 1. The van der Waals surface area contributed by atoms with Gasteiger partial charge in [-0.15, -0.1) is 0 Å². The number of nitrogens with one attached hydrogen (secondary N) is 2. The Hall–Kier alpha value is -0.980. The second-order valence-electron chi connectivity index (χ2n) is 7.84. The number of hydrogen-bond donors (Lipinski definition) is 2. The molecule has 3 fully saturated rings. The largest absolute Gasteiger partial charge is 0.381 e. The number of rotatable bonds is 5. The molecule has 4 rings (SSSR count). The molecule has 1 aromatic carbocycles. The Bertz CT molecular complexity index is 569. The lowest BCUT2D eigenvalue weighted by atomic mass is 9.79. The molecule has 2 aliphatic heterocycles. The lowest BCUT2D eigenvalue weighted by Gasteiger charge is -2.44. The zero-order chi connectivity index (χ0) is 17.3. The second kappa shape index (κ2) is 7.33. The molecule has 2 unspecified atom stereocenters. The van der Waals surface area contributed by atoms with Crippen LogP contribution in [0.2, 0.25) is 0 Å². The summed E-state index contributed by atoms with van der Waals surface area (Å²) in [5, 5.41) is 0. The van der Waals surface area contributed by atoms with Gasteiger partial charge in [0.15, 0.2) is 0 Å². The van der Waals surface area contributed by atoms with Gasteiger partial charge < -0.3 is 9.47 Å². The van der Waals surface area contributed by atoms with Crippen molar-refractivity contribution >= 4 is 0 Å². The molecule has 138 valence electrons. The number of fused-ring (bicyclic) bond motifs is 1. The molecular weight excluding hydrogens is 314 g/mol. The van der Waals surface area contributed by atoms with E-state index in [0.29, 0.717) is 24.1 Å². The molecule has 0 aromatic heterocycles. The molecule has 1 aliphatic carbocycles. The molecule has 0 amide bonds. The van der Waals surface area contributed by atoms with Gasteiger partial charge >= 0.3 is 0 Å². The standard InChI is InChI=1S/C20H31N3O2/c1-24-17-8-9-20(25-2)10-11-23(18(20)12-17)14-16-13-21-22-19(16)15-6-4-3-5-7-15/h3-7,16-19,21-22H,8-14H2,1-2H3/t16?,17-,18-,19?,20+/m1/s1. The van der Waals surface area contributed by atoms with Gasteiger partial charge in [0, 0.05) is 45.8 Å². The summed E-state index contributed by atoms with van der Waals surface area (Å²) in [5.41, 5.74) is 8.26. The zero-order valence-electron chi connectivity index (χ0n) is 15.4. The normalized spacial score (nSPS) is 38.8. The highest BCUT2D eigenvalue weighted by molar-refractivity contribution is 5.21. The van der Waals surface area contributed by atoms with Gasteiger partial charge in [0.2, 0.25) is 0 Å². The van der Waals surface area contributed by atoms with E-state index in [1.54, 1.807) is 0 Å². The minimum Gasteiger partial charge on any atom is -0.381 e. The quantitative estimate of drug-likeness (QED) is 0.856. The maximum Gasteiger partial charge on any atom is 0.0847 e. The third-order valence-corrected chi connectivity index (χ3v) is 6.71. The van der Waals surface area contributed by atoms with Crippen molar-refractivity contribution in [1.82, 2.24) is 15.8 Å². The number of hydrogen-bond acceptors (Lipinski definition) is 5. The van der Waals surface area contributed by atoms with Crippen LogP contribution in [0, 0.1) is 5.92 Å². The van der Waals surface area contributed by atoms with E-state index in [1.807, 2.05) is 14.2 Å². The van der Waals surface area contributed by atoms with Crippen molar-refractivity contribution in [3.8, 4) is 0 Å². The Morgan fingerprint density at radius 2 is 2.04 bits per heavy atom. The molecule has 3 aliphatic rings. The average Bonchev–Trinajstić information content (AvgIpc) is 3.28. The van der Waals surface area contributed by atoms with Crippen molar-refractivity contribution in [2.75, 3.05) is 33.9 Å². The summed E-state index contributed by atoms with van der Waals surface area (Å²) in [5.74, 6) is 0.568. The lowest BCUT2D eigenvalue weighted by Crippen LogP contribution is -2.52. The Balaban J connectivity index is 1.48. The molecular formula is C20H31N3O2. The van der Waals surface area contributed by atoms with Crippen LogP contribution in [0.5, 0.6) is 0 Å². The summed E-state index contributed by atoms with van der Waals surface area (Å²) in [6.07, 6.45) is 4.85. The van der Waals surface area contributed by atoms with E-state index in [1.165, 1.54) is 5.56 Å². The summed E-state index contributed by atoms with van der Waals surface area (Å²) in [7, 11) is 3.75. The summed E-state index contributed by atoms with van der Waals surface area (Å²) in [4.78, 5) is 2.67. The first-order valence-electron chi connectivity index (χ1n) is 9.61. The van der Waals surface area contributed by atoms with E-state index in [4.69, 9.17) is 9.47 Å². The van der Waals surface area contributed by atoms with Crippen molar-refractivity contribution in [2.24, 2.45) is 5.92 Å². The Labute approximate surface area is 151 Å². The Morgan fingerprint density at radius 1 is 1.20 bits per heavy atom. The number of nitrogens with zero attached hydrogens (tertiary/aromatic N) is 1. The minimum absolute atomic E-state index is 0.0384. The van der Waals surface area contributed by atoms with E-state index in [9.17, 15) is 0 Å². The number of methoxy groups -OCH3 is 2. The molecule has 0 bridgehead atoms. The molecule has 5 heteroatoms. The first kappa shape index (κ1) is 17.4. The summed E-state index contributed by atoms with van der Waals surface area (Å²) >= 11 is 0. The fourth-order valence-corrected chi connectivity index (χ4v) is 5.21. The van der Waals surface area contributed by atoms with Crippen LogP contribution in [0.15, 0.2) is 30.3 Å². The van der Waals surface area contributed by atoms with E-state index in [0.717, 1.165) is 45.3 Å². The Kier molecular flexibility index (Phi) is 5.11. The van der Waals surface area contributed by atoms with Crippen LogP contribution in [0.4, 0.5) is 0 Å². The first-order valence-corrected chi connectivity index (χ1v) is 9.61. The van der Waals surface area contributed by atoms with Gasteiger partial charge in [0.05, 0.1) is 17.7 Å². The van der Waals surface area contributed by atoms with Gasteiger partial charge in [-0.2, -0.15) is 0 Å². The fourth-order valence-electron chi connectivity index (χ4n) is 5.21. The average molecular weight is 345 g/mol. The molecule has 25 heavy (non-hydrogen) atoms. The molecule has 2 heterocycles. The van der Waals surface area contributed by atoms with Gasteiger partial charge in [-0.25, -0.2) is 5.43 Å². The van der Waals surface area contributed by atoms with Crippen molar-refractivity contribution < 1.29 is 9.47 Å². The first-order chi connectivity index (χ1) is 12.3. The number of hydrazine groups is 1. The van der Waals surface area contributed by atoms with Crippen molar-refractivity contribution in [1.29, 1.82) is 0 Å². The number of ether oxygens (including phenoxy) is 2. The smallest absolute Gasteiger partial charge is 0.0847 e. The predicted octanol–water partition coefficient (Wildman–Crippen LogP) is 2.11. The highest BCUT2D eigenvalue weighted by atomic mass is 16.5. The summed E-state index contributed by atoms with van der Waals surface area (Å²) in [6.45, 7) is 3.25. The van der Waals surface area contributed by atoms with E-state index >= 15 is 0 Å². The molecule has 5 atom stereocenters. The van der Waals surface area contributed by atoms with Crippen LogP contribution in [0.25, 0.3) is 0 Å². The monoisotopic (exact) mass is 345 g/mol. The van der Waals surface area contributed by atoms with Crippen molar-refractivity contribution in [3.05, 3.63) is 35.9 Å². The maximum atomic E-state index is 6.07. The number of benzene rings is 1. The van der Waals surface area contributed by atoms with Gasteiger partial charge in [-0.1, -0.05) is 30.3 Å². The van der Waals surface area contributed by atoms with Crippen LogP contribution < -0.4 is 10.9 Å². The molecule has 1 saturated carbocycles. The molecule has 5 nitrogen and oxygen atoms in total. The maximum absolute atomic E-state index is 6.07.